The zero-order valence-electron chi connectivity index (χ0n) is 11.4. The Balaban J connectivity index is 0. The molecular formula is C12H29NO2. The van der Waals surface area contributed by atoms with Crippen LogP contribution in [-0.2, 0) is 4.74 Å². The second kappa shape index (κ2) is 10.4. The normalized spacial score (nSPS) is 29.8. The molecule has 0 amide bonds. The minimum atomic E-state index is -0.564. The van der Waals surface area contributed by atoms with Crippen LogP contribution >= 0.6 is 0 Å². The van der Waals surface area contributed by atoms with E-state index in [1.165, 1.54) is 0 Å². The van der Waals surface area contributed by atoms with E-state index >= 15 is 0 Å². The highest BCUT2D eigenvalue weighted by Crippen LogP contribution is 2.20. The summed E-state index contributed by atoms with van der Waals surface area (Å²) in [6.45, 7) is 10.00. The Bertz CT molecular complexity index is 119. The minimum Gasteiger partial charge on any atom is -0.368 e. The van der Waals surface area contributed by atoms with E-state index in [9.17, 15) is 5.11 Å². The highest BCUT2D eigenvalue weighted by molar-refractivity contribution is 4.75. The van der Waals surface area contributed by atoms with Crippen molar-refractivity contribution < 1.29 is 9.84 Å². The van der Waals surface area contributed by atoms with Crippen molar-refractivity contribution in [3.05, 3.63) is 0 Å². The number of hydrogen-bond acceptors (Lipinski definition) is 3. The van der Waals surface area contributed by atoms with E-state index in [0.29, 0.717) is 6.04 Å². The lowest BCUT2D eigenvalue weighted by atomic mass is 10.0. The summed E-state index contributed by atoms with van der Waals surface area (Å²) >= 11 is 0. The zero-order chi connectivity index (χ0) is 12.4. The maximum atomic E-state index is 9.25. The fourth-order valence-electron chi connectivity index (χ4n) is 1.51. The predicted molar refractivity (Wildman–Crippen MR) is 66.0 cm³/mol. The molecule has 94 valence electrons. The van der Waals surface area contributed by atoms with Gasteiger partial charge in [0.15, 0.2) is 6.29 Å². The lowest BCUT2D eigenvalue weighted by Gasteiger charge is -2.34. The number of rotatable bonds is 1. The molecule has 1 heterocycles. The van der Waals surface area contributed by atoms with Crippen LogP contribution in [0.15, 0.2) is 0 Å². The smallest absolute Gasteiger partial charge is 0.156 e. The first kappa shape index (κ1) is 17.3. The van der Waals surface area contributed by atoms with E-state index in [4.69, 9.17) is 4.74 Å². The second-order valence-corrected chi connectivity index (χ2v) is 3.49. The van der Waals surface area contributed by atoms with E-state index in [1.807, 2.05) is 48.7 Å². The van der Waals surface area contributed by atoms with Crippen molar-refractivity contribution in [3.8, 4) is 0 Å². The number of aliphatic hydroxyl groups excluding tert-OH is 1. The van der Waals surface area contributed by atoms with Gasteiger partial charge in [-0.15, -0.1) is 0 Å². The van der Waals surface area contributed by atoms with Crippen LogP contribution in [-0.4, -0.2) is 42.5 Å². The van der Waals surface area contributed by atoms with Gasteiger partial charge in [0.25, 0.3) is 0 Å². The first-order chi connectivity index (χ1) is 7.09. The van der Waals surface area contributed by atoms with Gasteiger partial charge in [0.1, 0.15) is 0 Å². The average molecular weight is 219 g/mol. The second-order valence-electron chi connectivity index (χ2n) is 3.49. The van der Waals surface area contributed by atoms with Gasteiger partial charge in [-0.2, -0.15) is 0 Å². The van der Waals surface area contributed by atoms with Crippen LogP contribution in [0.25, 0.3) is 0 Å². The summed E-state index contributed by atoms with van der Waals surface area (Å²) in [6.07, 6.45) is 1.37. The van der Waals surface area contributed by atoms with Crippen LogP contribution in [0.4, 0.5) is 0 Å². The molecule has 1 fully saturated rings. The Morgan fingerprint density at radius 1 is 1.07 bits per heavy atom. The van der Waals surface area contributed by atoms with Gasteiger partial charge in [0, 0.05) is 12.5 Å². The van der Waals surface area contributed by atoms with Gasteiger partial charge in [-0.1, -0.05) is 27.7 Å². The summed E-state index contributed by atoms with van der Waals surface area (Å²) in [4.78, 5) is 2.14. The average Bonchev–Trinajstić information content (AvgIpc) is 2.22. The molecule has 15 heavy (non-hydrogen) atoms. The molecular weight excluding hydrogens is 190 g/mol. The van der Waals surface area contributed by atoms with Gasteiger partial charge in [0.2, 0.25) is 0 Å². The molecule has 0 spiro atoms. The summed E-state index contributed by atoms with van der Waals surface area (Å²) in [6, 6.07) is 0.466. The zero-order valence-corrected chi connectivity index (χ0v) is 11.4. The quantitative estimate of drug-likeness (QED) is 0.735. The van der Waals surface area contributed by atoms with Crippen molar-refractivity contribution in [2.75, 3.05) is 14.1 Å². The Morgan fingerprint density at radius 3 is 1.87 bits per heavy atom. The van der Waals surface area contributed by atoms with Crippen molar-refractivity contribution >= 4 is 0 Å². The molecule has 1 aliphatic rings. The fourth-order valence-corrected chi connectivity index (χ4v) is 1.51. The lowest BCUT2D eigenvalue weighted by Crippen LogP contribution is -2.41. The molecule has 0 aromatic rings. The maximum Gasteiger partial charge on any atom is 0.156 e. The summed E-state index contributed by atoms with van der Waals surface area (Å²) in [7, 11) is 4.07. The van der Waals surface area contributed by atoms with Crippen LogP contribution < -0.4 is 0 Å². The lowest BCUT2D eigenvalue weighted by molar-refractivity contribution is -0.172. The molecule has 0 saturated carbocycles. The summed E-state index contributed by atoms with van der Waals surface area (Å²) < 4.78 is 5.20. The Labute approximate surface area is 95.4 Å². The Morgan fingerprint density at radius 2 is 1.53 bits per heavy atom. The molecule has 0 aromatic carbocycles. The molecule has 0 radical (unpaired) electrons. The van der Waals surface area contributed by atoms with Crippen LogP contribution in [0, 0.1) is 0 Å². The minimum absolute atomic E-state index is 0.186. The van der Waals surface area contributed by atoms with Crippen LogP contribution in [0.5, 0.6) is 0 Å². The van der Waals surface area contributed by atoms with Crippen molar-refractivity contribution in [1.82, 2.24) is 4.90 Å². The number of nitrogens with zero attached hydrogens (tertiary/aromatic N) is 1. The Kier molecular flexibility index (Phi) is 12.0. The molecule has 1 saturated heterocycles. The third-order valence-corrected chi connectivity index (χ3v) is 2.20. The predicted octanol–water partition coefficient (Wildman–Crippen LogP) is 2.49. The van der Waals surface area contributed by atoms with E-state index in [1.54, 1.807) is 0 Å². The number of aliphatic hydroxyl groups is 1. The largest absolute Gasteiger partial charge is 0.368 e. The van der Waals surface area contributed by atoms with E-state index < -0.39 is 6.29 Å². The van der Waals surface area contributed by atoms with Crippen molar-refractivity contribution in [2.24, 2.45) is 0 Å². The monoisotopic (exact) mass is 219 g/mol. The van der Waals surface area contributed by atoms with Gasteiger partial charge in [-0.3, -0.25) is 0 Å². The molecule has 3 atom stereocenters. The van der Waals surface area contributed by atoms with Crippen LogP contribution in [0.2, 0.25) is 0 Å². The van der Waals surface area contributed by atoms with Crippen molar-refractivity contribution in [1.29, 1.82) is 0 Å². The number of hydrogen-bond donors (Lipinski definition) is 1. The van der Waals surface area contributed by atoms with Gasteiger partial charge in [-0.25, -0.2) is 0 Å². The standard InChI is InChI=1S/C8H17NO2.2C2H6/c1-6-4-7(9(2)3)5-8(10)11-6;2*1-2/h6-8,10H,4-5H2,1-3H3;2*1-2H3. The molecule has 3 heteroatoms. The van der Waals surface area contributed by atoms with Crippen molar-refractivity contribution in [2.45, 2.75) is 65.9 Å². The van der Waals surface area contributed by atoms with Crippen LogP contribution in [0.1, 0.15) is 47.5 Å². The van der Waals surface area contributed by atoms with Gasteiger partial charge >= 0.3 is 0 Å². The molecule has 1 aliphatic heterocycles. The highest BCUT2D eigenvalue weighted by Gasteiger charge is 2.26. The molecule has 3 nitrogen and oxygen atoms in total. The molecule has 1 rings (SSSR count). The van der Waals surface area contributed by atoms with E-state index in [2.05, 4.69) is 4.90 Å². The fraction of sp³-hybridized carbons (Fsp3) is 1.00. The van der Waals surface area contributed by atoms with E-state index in [0.717, 1.165) is 12.8 Å². The first-order valence-electron chi connectivity index (χ1n) is 6.09. The topological polar surface area (TPSA) is 32.7 Å². The Hall–Kier alpha value is -0.120. The van der Waals surface area contributed by atoms with Gasteiger partial charge in [0.05, 0.1) is 6.10 Å². The molecule has 0 aromatic heterocycles. The summed E-state index contributed by atoms with van der Waals surface area (Å²) in [5.74, 6) is 0. The van der Waals surface area contributed by atoms with Crippen molar-refractivity contribution in [3.63, 3.8) is 0 Å². The number of ether oxygens (including phenoxy) is 1. The first-order valence-corrected chi connectivity index (χ1v) is 6.09. The maximum absolute atomic E-state index is 9.25. The molecule has 3 unspecified atom stereocenters. The van der Waals surface area contributed by atoms with Gasteiger partial charge < -0.3 is 14.7 Å². The molecule has 0 bridgehead atoms. The third kappa shape index (κ3) is 7.77. The van der Waals surface area contributed by atoms with Gasteiger partial charge in [-0.05, 0) is 27.4 Å². The van der Waals surface area contributed by atoms with E-state index in [-0.39, 0.29) is 6.10 Å². The highest BCUT2D eigenvalue weighted by atomic mass is 16.6. The van der Waals surface area contributed by atoms with Crippen LogP contribution in [0.3, 0.4) is 0 Å². The third-order valence-electron chi connectivity index (χ3n) is 2.20. The molecule has 1 N–H and O–H groups in total. The summed E-state index contributed by atoms with van der Waals surface area (Å²) in [5.41, 5.74) is 0. The SMILES string of the molecule is CC.CC.CC1CC(N(C)C)CC(O)O1. The summed E-state index contributed by atoms with van der Waals surface area (Å²) in [5, 5.41) is 9.25. The molecule has 0 aliphatic carbocycles.